The van der Waals surface area contributed by atoms with Gasteiger partial charge in [-0.2, -0.15) is 0 Å². The summed E-state index contributed by atoms with van der Waals surface area (Å²) < 4.78 is 5.23. The number of ether oxygens (including phenoxy) is 1. The van der Waals surface area contributed by atoms with Crippen molar-refractivity contribution >= 4 is 5.97 Å². The van der Waals surface area contributed by atoms with E-state index in [9.17, 15) is 4.79 Å². The summed E-state index contributed by atoms with van der Waals surface area (Å²) in [6.45, 7) is 4.17. The molecule has 1 saturated heterocycles. The summed E-state index contributed by atoms with van der Waals surface area (Å²) in [5.74, 6) is 1.25. The topological polar surface area (TPSA) is 26.3 Å². The predicted octanol–water partition coefficient (Wildman–Crippen LogP) is 2.59. The summed E-state index contributed by atoms with van der Waals surface area (Å²) in [7, 11) is 0. The number of hydrogen-bond acceptors (Lipinski definition) is 2. The van der Waals surface area contributed by atoms with Crippen LogP contribution in [0.4, 0.5) is 0 Å². The summed E-state index contributed by atoms with van der Waals surface area (Å²) in [4.78, 5) is 11.4. The fourth-order valence-corrected chi connectivity index (χ4v) is 1.82. The molecule has 1 heterocycles. The lowest BCUT2D eigenvalue weighted by atomic mass is 9.91. The lowest BCUT2D eigenvalue weighted by Crippen LogP contribution is -2.04. The van der Waals surface area contributed by atoms with Gasteiger partial charge in [0.15, 0.2) is 0 Å². The molecule has 2 aliphatic rings. The summed E-state index contributed by atoms with van der Waals surface area (Å²) in [6.07, 6.45) is 8.77. The lowest BCUT2D eigenvalue weighted by Gasteiger charge is -2.10. The highest BCUT2D eigenvalue weighted by atomic mass is 16.5. The molecule has 74 valence electrons. The van der Waals surface area contributed by atoms with E-state index in [1.54, 1.807) is 0 Å². The van der Waals surface area contributed by atoms with Gasteiger partial charge in [0.05, 0.1) is 5.92 Å². The fourth-order valence-electron chi connectivity index (χ4n) is 1.82. The third-order valence-corrected chi connectivity index (χ3v) is 2.45. The third kappa shape index (κ3) is 1.52. The Balaban J connectivity index is 2.30. The standard InChI is InChI=1S/C12H14O2/c1-8(2)7-11-9-5-3-4-6-10(9)12(13)14-11/h3-4,6-9H,5H2,1-2H3/t9-/m1/s1. The summed E-state index contributed by atoms with van der Waals surface area (Å²) in [5.41, 5.74) is 0.805. The normalized spacial score (nSPS) is 27.9. The van der Waals surface area contributed by atoms with E-state index >= 15 is 0 Å². The summed E-state index contributed by atoms with van der Waals surface area (Å²) >= 11 is 0. The first-order chi connectivity index (χ1) is 6.68. The Labute approximate surface area is 83.9 Å². The number of hydrogen-bond donors (Lipinski definition) is 0. The van der Waals surface area contributed by atoms with Crippen LogP contribution in [0.1, 0.15) is 20.3 Å². The molecule has 0 N–H and O–H groups in total. The zero-order valence-electron chi connectivity index (χ0n) is 8.49. The van der Waals surface area contributed by atoms with E-state index in [1.165, 1.54) is 0 Å². The Bertz CT molecular complexity index is 345. The lowest BCUT2D eigenvalue weighted by molar-refractivity contribution is -0.132. The van der Waals surface area contributed by atoms with Gasteiger partial charge in [-0.05, 0) is 18.4 Å². The minimum Gasteiger partial charge on any atom is -0.427 e. The van der Waals surface area contributed by atoms with Gasteiger partial charge in [-0.25, -0.2) is 4.79 Å². The third-order valence-electron chi connectivity index (χ3n) is 2.45. The van der Waals surface area contributed by atoms with Crippen molar-refractivity contribution in [3.8, 4) is 0 Å². The van der Waals surface area contributed by atoms with Crippen molar-refractivity contribution in [2.24, 2.45) is 11.8 Å². The van der Waals surface area contributed by atoms with Crippen molar-refractivity contribution in [3.63, 3.8) is 0 Å². The van der Waals surface area contributed by atoms with E-state index in [4.69, 9.17) is 4.74 Å². The summed E-state index contributed by atoms with van der Waals surface area (Å²) in [6, 6.07) is 0. The Hall–Kier alpha value is -1.31. The zero-order chi connectivity index (χ0) is 10.1. The van der Waals surface area contributed by atoms with Crippen LogP contribution in [0, 0.1) is 11.8 Å². The molecule has 1 aliphatic carbocycles. The van der Waals surface area contributed by atoms with E-state index < -0.39 is 0 Å². The van der Waals surface area contributed by atoms with Crippen LogP contribution in [0.5, 0.6) is 0 Å². The predicted molar refractivity (Wildman–Crippen MR) is 54.3 cm³/mol. The van der Waals surface area contributed by atoms with Gasteiger partial charge in [-0.15, -0.1) is 0 Å². The van der Waals surface area contributed by atoms with Crippen LogP contribution in [0.15, 0.2) is 35.6 Å². The van der Waals surface area contributed by atoms with Crippen LogP contribution in [0.3, 0.4) is 0 Å². The van der Waals surface area contributed by atoms with Crippen molar-refractivity contribution in [2.45, 2.75) is 20.3 Å². The zero-order valence-corrected chi connectivity index (χ0v) is 8.49. The Morgan fingerprint density at radius 2 is 2.36 bits per heavy atom. The molecular formula is C12H14O2. The van der Waals surface area contributed by atoms with Gasteiger partial charge in [-0.3, -0.25) is 0 Å². The monoisotopic (exact) mass is 190 g/mol. The van der Waals surface area contributed by atoms with Crippen LogP contribution in [-0.4, -0.2) is 5.97 Å². The second-order valence-electron chi connectivity index (χ2n) is 4.04. The van der Waals surface area contributed by atoms with Crippen LogP contribution in [0.25, 0.3) is 0 Å². The second-order valence-corrected chi connectivity index (χ2v) is 4.04. The quantitative estimate of drug-likeness (QED) is 0.594. The number of carbonyl (C=O) groups is 1. The second kappa shape index (κ2) is 3.45. The Morgan fingerprint density at radius 1 is 1.57 bits per heavy atom. The molecule has 2 heteroatoms. The van der Waals surface area contributed by atoms with Crippen molar-refractivity contribution in [3.05, 3.63) is 35.6 Å². The molecule has 1 aliphatic heterocycles. The van der Waals surface area contributed by atoms with Gasteiger partial charge in [0, 0.05) is 5.57 Å². The SMILES string of the molecule is CC(C)C=C1OC(=O)C2=CC=CC[C@@H]12. The van der Waals surface area contributed by atoms with Gasteiger partial charge < -0.3 is 4.74 Å². The molecule has 0 spiro atoms. The Morgan fingerprint density at radius 3 is 3.07 bits per heavy atom. The van der Waals surface area contributed by atoms with Crippen molar-refractivity contribution < 1.29 is 9.53 Å². The minimum absolute atomic E-state index is 0.175. The first-order valence-electron chi connectivity index (χ1n) is 4.99. The molecule has 0 unspecified atom stereocenters. The number of rotatable bonds is 1. The molecule has 1 fully saturated rings. The number of fused-ring (bicyclic) bond motifs is 1. The van der Waals surface area contributed by atoms with E-state index in [0.717, 1.165) is 17.8 Å². The maximum atomic E-state index is 11.4. The van der Waals surface area contributed by atoms with Crippen molar-refractivity contribution in [1.29, 1.82) is 0 Å². The van der Waals surface area contributed by atoms with Gasteiger partial charge >= 0.3 is 5.97 Å². The highest BCUT2D eigenvalue weighted by molar-refractivity contribution is 5.94. The molecule has 14 heavy (non-hydrogen) atoms. The number of allylic oxidation sites excluding steroid dienone is 5. The molecule has 0 aromatic carbocycles. The molecule has 0 aromatic rings. The number of cyclic esters (lactones) is 1. The number of carbonyl (C=O) groups excluding carboxylic acids is 1. The van der Waals surface area contributed by atoms with Crippen LogP contribution < -0.4 is 0 Å². The van der Waals surface area contributed by atoms with Crippen LogP contribution >= 0.6 is 0 Å². The summed E-state index contributed by atoms with van der Waals surface area (Å²) in [5, 5.41) is 0. The van der Waals surface area contributed by atoms with Crippen LogP contribution in [0.2, 0.25) is 0 Å². The molecule has 0 amide bonds. The molecule has 1 atom stereocenters. The first kappa shape index (κ1) is 9.25. The van der Waals surface area contributed by atoms with Gasteiger partial charge in [0.1, 0.15) is 5.76 Å². The molecular weight excluding hydrogens is 176 g/mol. The van der Waals surface area contributed by atoms with E-state index in [-0.39, 0.29) is 11.9 Å². The maximum Gasteiger partial charge on any atom is 0.339 e. The van der Waals surface area contributed by atoms with E-state index in [0.29, 0.717) is 5.92 Å². The minimum atomic E-state index is -0.175. The van der Waals surface area contributed by atoms with E-state index in [1.807, 2.05) is 18.2 Å². The highest BCUT2D eigenvalue weighted by Crippen LogP contribution is 2.36. The van der Waals surface area contributed by atoms with Crippen LogP contribution in [-0.2, 0) is 9.53 Å². The van der Waals surface area contributed by atoms with Gasteiger partial charge in [0.2, 0.25) is 0 Å². The average Bonchev–Trinajstić information content (AvgIpc) is 2.44. The molecule has 2 rings (SSSR count). The van der Waals surface area contributed by atoms with Gasteiger partial charge in [0.25, 0.3) is 0 Å². The molecule has 0 saturated carbocycles. The largest absolute Gasteiger partial charge is 0.427 e. The maximum absolute atomic E-state index is 11.4. The molecule has 0 bridgehead atoms. The van der Waals surface area contributed by atoms with Crippen molar-refractivity contribution in [1.82, 2.24) is 0 Å². The first-order valence-corrected chi connectivity index (χ1v) is 4.99. The molecule has 0 radical (unpaired) electrons. The average molecular weight is 190 g/mol. The van der Waals surface area contributed by atoms with Gasteiger partial charge in [-0.1, -0.05) is 32.1 Å². The fraction of sp³-hybridized carbons (Fsp3) is 0.417. The smallest absolute Gasteiger partial charge is 0.339 e. The highest BCUT2D eigenvalue weighted by Gasteiger charge is 2.35. The molecule has 2 nitrogen and oxygen atoms in total. The van der Waals surface area contributed by atoms with Crippen molar-refractivity contribution in [2.75, 3.05) is 0 Å². The van der Waals surface area contributed by atoms with E-state index in [2.05, 4.69) is 19.9 Å². The molecule has 0 aromatic heterocycles. The number of esters is 1. The Kier molecular flexibility index (Phi) is 2.28.